The summed E-state index contributed by atoms with van der Waals surface area (Å²) in [5.41, 5.74) is 2.64. The number of carboxylic acids is 1. The molecule has 1 amide bonds. The summed E-state index contributed by atoms with van der Waals surface area (Å²) in [6, 6.07) is 0. The van der Waals surface area contributed by atoms with Crippen molar-refractivity contribution >= 4 is 28.2 Å². The second kappa shape index (κ2) is 6.84. The Kier molecular flexibility index (Phi) is 4.30. The van der Waals surface area contributed by atoms with Gasteiger partial charge in [-0.25, -0.2) is 4.79 Å². The summed E-state index contributed by atoms with van der Waals surface area (Å²) in [7, 11) is 0. The summed E-state index contributed by atoms with van der Waals surface area (Å²) in [4.78, 5) is 30.1. The third kappa shape index (κ3) is 3.05. The number of fused-ring (bicyclic) bond motifs is 1. The Morgan fingerprint density at radius 2 is 1.86 bits per heavy atom. The normalized spacial score (nSPS) is 19.0. The van der Waals surface area contributed by atoms with Crippen LogP contribution in [0.4, 0.5) is 5.00 Å². The molecule has 1 fully saturated rings. The lowest BCUT2D eigenvalue weighted by atomic mass is 9.95. The fourth-order valence-corrected chi connectivity index (χ4v) is 5.41. The highest BCUT2D eigenvalue weighted by molar-refractivity contribution is 7.17. The molecule has 7 nitrogen and oxygen atoms in total. The summed E-state index contributed by atoms with van der Waals surface area (Å²) < 4.78 is 5.57. The van der Waals surface area contributed by atoms with Crippen LogP contribution in [0.2, 0.25) is 0 Å². The number of hydrogen-bond acceptors (Lipinski definition) is 6. The first-order chi connectivity index (χ1) is 13.6. The van der Waals surface area contributed by atoms with Crippen LogP contribution in [-0.4, -0.2) is 27.1 Å². The quantitative estimate of drug-likeness (QED) is 0.785. The summed E-state index contributed by atoms with van der Waals surface area (Å²) in [6.07, 6.45) is 7.98. The number of carbonyl (C=O) groups is 2. The SMILES string of the molecule is O=C(O)C1=C(C(=O)Nc2sc3c(c2-c2nc(C4CC4)no2)CCCC3)CCC1. The molecule has 3 aliphatic rings. The monoisotopic (exact) mass is 399 g/mol. The number of nitrogens with one attached hydrogen (secondary N) is 1. The highest BCUT2D eigenvalue weighted by Crippen LogP contribution is 2.45. The van der Waals surface area contributed by atoms with Crippen LogP contribution in [0.3, 0.4) is 0 Å². The number of carbonyl (C=O) groups excluding carboxylic acids is 1. The first kappa shape index (κ1) is 17.6. The number of aliphatic carboxylic acids is 1. The predicted octanol–water partition coefficient (Wildman–Crippen LogP) is 4.06. The van der Waals surface area contributed by atoms with Gasteiger partial charge in [0.05, 0.1) is 5.56 Å². The number of amides is 1. The van der Waals surface area contributed by atoms with E-state index in [2.05, 4.69) is 15.5 Å². The zero-order chi connectivity index (χ0) is 19.3. The Morgan fingerprint density at radius 3 is 2.64 bits per heavy atom. The summed E-state index contributed by atoms with van der Waals surface area (Å²) in [6.45, 7) is 0. The van der Waals surface area contributed by atoms with E-state index in [0.717, 1.165) is 49.9 Å². The molecule has 0 saturated heterocycles. The number of hydrogen-bond donors (Lipinski definition) is 2. The van der Waals surface area contributed by atoms with Gasteiger partial charge in [-0.15, -0.1) is 11.3 Å². The van der Waals surface area contributed by atoms with E-state index in [1.807, 2.05) is 0 Å². The standard InChI is InChI=1S/C20H21N3O4S/c24-17(11-5-3-6-12(11)20(25)26)22-19-15(13-4-1-2-7-14(13)28-19)18-21-16(23-27-18)10-8-9-10/h10H,1-9H2,(H,22,24)(H,25,26). The molecule has 1 saturated carbocycles. The van der Waals surface area contributed by atoms with E-state index < -0.39 is 5.97 Å². The van der Waals surface area contributed by atoms with Crippen LogP contribution in [0, 0.1) is 0 Å². The topological polar surface area (TPSA) is 105 Å². The van der Waals surface area contributed by atoms with E-state index in [1.165, 1.54) is 10.4 Å². The van der Waals surface area contributed by atoms with Gasteiger partial charge in [-0.3, -0.25) is 4.79 Å². The van der Waals surface area contributed by atoms with Crippen molar-refractivity contribution in [2.45, 2.75) is 63.7 Å². The minimum Gasteiger partial charge on any atom is -0.478 e. The third-order valence-corrected chi connectivity index (χ3v) is 6.95. The molecule has 5 rings (SSSR count). The highest BCUT2D eigenvalue weighted by atomic mass is 32.1. The van der Waals surface area contributed by atoms with Gasteiger partial charge in [0, 0.05) is 21.9 Å². The number of aryl methyl sites for hydroxylation is 1. The Morgan fingerprint density at radius 1 is 1.07 bits per heavy atom. The van der Waals surface area contributed by atoms with Gasteiger partial charge in [0.1, 0.15) is 5.00 Å². The molecule has 0 atom stereocenters. The first-order valence-corrected chi connectivity index (χ1v) is 10.7. The summed E-state index contributed by atoms with van der Waals surface area (Å²) >= 11 is 1.56. The van der Waals surface area contributed by atoms with Gasteiger partial charge in [0.15, 0.2) is 5.82 Å². The maximum atomic E-state index is 12.9. The lowest BCUT2D eigenvalue weighted by molar-refractivity contribution is -0.133. The van der Waals surface area contributed by atoms with Crippen molar-refractivity contribution < 1.29 is 19.2 Å². The van der Waals surface area contributed by atoms with Crippen molar-refractivity contribution in [1.82, 2.24) is 10.1 Å². The average molecular weight is 399 g/mol. The fourth-order valence-electron chi connectivity index (χ4n) is 4.13. The largest absolute Gasteiger partial charge is 0.478 e. The van der Waals surface area contributed by atoms with E-state index in [4.69, 9.17) is 4.52 Å². The van der Waals surface area contributed by atoms with Crippen molar-refractivity contribution in [3.63, 3.8) is 0 Å². The molecule has 0 unspecified atom stereocenters. The molecule has 2 N–H and O–H groups in total. The first-order valence-electron chi connectivity index (χ1n) is 9.87. The molecule has 2 aromatic rings. The molecule has 0 aromatic carbocycles. The van der Waals surface area contributed by atoms with Crippen LogP contribution in [0.15, 0.2) is 15.7 Å². The minimum atomic E-state index is -1.00. The molecular formula is C20H21N3O4S. The second-order valence-corrected chi connectivity index (χ2v) is 8.82. The summed E-state index contributed by atoms with van der Waals surface area (Å²) in [5.74, 6) is 0.285. The second-order valence-electron chi connectivity index (χ2n) is 7.72. The number of thiophene rings is 1. The Bertz CT molecular complexity index is 999. The van der Waals surface area contributed by atoms with Gasteiger partial charge < -0.3 is 14.9 Å². The van der Waals surface area contributed by atoms with E-state index >= 15 is 0 Å². The van der Waals surface area contributed by atoms with Crippen molar-refractivity contribution in [3.05, 3.63) is 27.4 Å². The van der Waals surface area contributed by atoms with Crippen LogP contribution in [-0.2, 0) is 22.4 Å². The molecule has 0 aliphatic heterocycles. The molecule has 2 heterocycles. The zero-order valence-electron chi connectivity index (χ0n) is 15.4. The smallest absolute Gasteiger partial charge is 0.332 e. The predicted molar refractivity (Wildman–Crippen MR) is 103 cm³/mol. The molecule has 0 bridgehead atoms. The number of anilines is 1. The van der Waals surface area contributed by atoms with Crippen LogP contribution in [0.25, 0.3) is 11.5 Å². The van der Waals surface area contributed by atoms with Crippen LogP contribution in [0.5, 0.6) is 0 Å². The maximum Gasteiger partial charge on any atom is 0.332 e. The molecule has 0 spiro atoms. The van der Waals surface area contributed by atoms with Crippen molar-refractivity contribution in [2.24, 2.45) is 0 Å². The number of carboxylic acid groups (broad SMARTS) is 1. The molecule has 0 radical (unpaired) electrons. The van der Waals surface area contributed by atoms with E-state index in [0.29, 0.717) is 41.6 Å². The number of nitrogens with zero attached hydrogens (tertiary/aromatic N) is 2. The van der Waals surface area contributed by atoms with E-state index in [-0.39, 0.29) is 11.5 Å². The summed E-state index contributed by atoms with van der Waals surface area (Å²) in [5, 5.41) is 17.2. The number of aromatic nitrogens is 2. The van der Waals surface area contributed by atoms with Crippen molar-refractivity contribution in [3.8, 4) is 11.5 Å². The van der Waals surface area contributed by atoms with Gasteiger partial charge in [-0.1, -0.05) is 5.16 Å². The van der Waals surface area contributed by atoms with Gasteiger partial charge in [-0.2, -0.15) is 4.98 Å². The average Bonchev–Trinajstić information content (AvgIpc) is 3.10. The molecule has 146 valence electrons. The number of rotatable bonds is 5. The van der Waals surface area contributed by atoms with Crippen LogP contribution in [0.1, 0.15) is 67.1 Å². The Hall–Kier alpha value is -2.48. The molecule has 3 aliphatic carbocycles. The Balaban J connectivity index is 1.52. The molecule has 2 aromatic heterocycles. The van der Waals surface area contributed by atoms with E-state index in [9.17, 15) is 14.7 Å². The fraction of sp³-hybridized carbons (Fsp3) is 0.500. The molecule has 28 heavy (non-hydrogen) atoms. The van der Waals surface area contributed by atoms with Crippen LogP contribution < -0.4 is 5.32 Å². The van der Waals surface area contributed by atoms with Crippen LogP contribution >= 0.6 is 11.3 Å². The maximum absolute atomic E-state index is 12.9. The van der Waals surface area contributed by atoms with Crippen molar-refractivity contribution in [1.29, 1.82) is 0 Å². The molecule has 8 heteroatoms. The zero-order valence-corrected chi connectivity index (χ0v) is 16.2. The van der Waals surface area contributed by atoms with Crippen molar-refractivity contribution in [2.75, 3.05) is 5.32 Å². The minimum absolute atomic E-state index is 0.231. The van der Waals surface area contributed by atoms with Gasteiger partial charge in [0.2, 0.25) is 0 Å². The Labute approximate surface area is 165 Å². The highest BCUT2D eigenvalue weighted by Gasteiger charge is 2.32. The van der Waals surface area contributed by atoms with Gasteiger partial charge in [0.25, 0.3) is 11.8 Å². The lowest BCUT2D eigenvalue weighted by Crippen LogP contribution is -2.16. The lowest BCUT2D eigenvalue weighted by Gasteiger charge is -2.11. The van der Waals surface area contributed by atoms with Gasteiger partial charge >= 0.3 is 5.97 Å². The van der Waals surface area contributed by atoms with Gasteiger partial charge in [-0.05, 0) is 63.4 Å². The third-order valence-electron chi connectivity index (χ3n) is 5.75. The molecular weight excluding hydrogens is 378 g/mol. The van der Waals surface area contributed by atoms with E-state index in [1.54, 1.807) is 11.3 Å².